The fourth-order valence-electron chi connectivity index (χ4n) is 1.42. The van der Waals surface area contributed by atoms with E-state index in [4.69, 9.17) is 10.7 Å². The normalized spacial score (nSPS) is 11.7. The molecule has 0 amide bonds. The molecule has 0 saturated carbocycles. The molecule has 6 nitrogen and oxygen atoms in total. The number of halogens is 1. The molecule has 2 heterocycles. The van der Waals surface area contributed by atoms with Gasteiger partial charge in [0.1, 0.15) is 5.69 Å². The molecule has 2 rings (SSSR count). The Kier molecular flexibility index (Phi) is 2.88. The van der Waals surface area contributed by atoms with Crippen molar-refractivity contribution in [3.05, 3.63) is 23.9 Å². The summed E-state index contributed by atoms with van der Waals surface area (Å²) in [6.45, 7) is 1.83. The van der Waals surface area contributed by atoms with Crippen LogP contribution in [0.15, 0.2) is 23.4 Å². The Hall–Kier alpha value is -1.47. The maximum atomic E-state index is 11.2. The molecule has 0 fully saturated rings. The van der Waals surface area contributed by atoms with Gasteiger partial charge in [-0.1, -0.05) is 6.07 Å². The molecule has 0 aliphatic heterocycles. The summed E-state index contributed by atoms with van der Waals surface area (Å²) in [6.07, 6.45) is 0. The van der Waals surface area contributed by atoms with Gasteiger partial charge in [0.2, 0.25) is 0 Å². The summed E-state index contributed by atoms with van der Waals surface area (Å²) in [5, 5.41) is 7.03. The molecule has 0 N–H and O–H groups in total. The van der Waals surface area contributed by atoms with Crippen LogP contribution in [0.4, 0.5) is 0 Å². The number of pyridine rings is 1. The van der Waals surface area contributed by atoms with Crippen molar-refractivity contribution in [1.29, 1.82) is 0 Å². The zero-order valence-corrected chi connectivity index (χ0v) is 10.7. The third-order valence-electron chi connectivity index (χ3n) is 2.17. The highest BCUT2D eigenvalue weighted by Crippen LogP contribution is 2.19. The van der Waals surface area contributed by atoms with E-state index in [-0.39, 0.29) is 5.16 Å². The summed E-state index contributed by atoms with van der Waals surface area (Å²) in [4.78, 5) is 4.24. The second-order valence-electron chi connectivity index (χ2n) is 3.47. The van der Waals surface area contributed by atoms with E-state index in [2.05, 4.69) is 15.2 Å². The van der Waals surface area contributed by atoms with Gasteiger partial charge in [0.05, 0.1) is 0 Å². The Morgan fingerprint density at radius 1 is 1.29 bits per heavy atom. The van der Waals surface area contributed by atoms with Gasteiger partial charge in [-0.05, 0) is 19.1 Å². The van der Waals surface area contributed by atoms with E-state index < -0.39 is 9.05 Å². The molecule has 0 unspecified atom stereocenters. The Bertz CT molecular complexity index is 665. The molecule has 0 atom stereocenters. The lowest BCUT2D eigenvalue weighted by Crippen LogP contribution is -2.03. The molecular formula is C9H9ClN4O2S. The van der Waals surface area contributed by atoms with Gasteiger partial charge in [-0.2, -0.15) is 0 Å². The lowest BCUT2D eigenvalue weighted by atomic mass is 10.3. The zero-order chi connectivity index (χ0) is 12.6. The average Bonchev–Trinajstić information content (AvgIpc) is 2.59. The number of rotatable bonds is 2. The van der Waals surface area contributed by atoms with Crippen molar-refractivity contribution in [3.8, 4) is 11.5 Å². The Labute approximate surface area is 103 Å². The Morgan fingerprint density at radius 2 is 2.00 bits per heavy atom. The van der Waals surface area contributed by atoms with E-state index in [1.54, 1.807) is 12.1 Å². The van der Waals surface area contributed by atoms with Gasteiger partial charge in [-0.25, -0.2) is 13.4 Å². The second kappa shape index (κ2) is 4.08. The van der Waals surface area contributed by atoms with Crippen molar-refractivity contribution in [2.45, 2.75) is 12.1 Å². The molecular weight excluding hydrogens is 264 g/mol. The van der Waals surface area contributed by atoms with Crippen LogP contribution in [-0.2, 0) is 16.1 Å². The molecule has 0 aromatic carbocycles. The standard InChI is InChI=1S/C9H9ClN4O2S/c1-6-4-3-5-7(11-6)8-12-13-9(14(8)2)17(10,15)16/h3-5H,1-2H3. The van der Waals surface area contributed by atoms with E-state index in [1.807, 2.05) is 13.0 Å². The summed E-state index contributed by atoms with van der Waals surface area (Å²) < 4.78 is 23.7. The van der Waals surface area contributed by atoms with Crippen molar-refractivity contribution in [1.82, 2.24) is 19.7 Å². The van der Waals surface area contributed by atoms with Crippen LogP contribution in [0.1, 0.15) is 5.69 Å². The van der Waals surface area contributed by atoms with Crippen molar-refractivity contribution in [2.24, 2.45) is 7.05 Å². The molecule has 0 saturated heterocycles. The highest BCUT2D eigenvalue weighted by Gasteiger charge is 2.21. The summed E-state index contributed by atoms with van der Waals surface area (Å²) in [6, 6.07) is 5.36. The van der Waals surface area contributed by atoms with E-state index in [9.17, 15) is 8.42 Å². The summed E-state index contributed by atoms with van der Waals surface area (Å²) in [7, 11) is 2.85. The topological polar surface area (TPSA) is 77.7 Å². The van der Waals surface area contributed by atoms with Crippen LogP contribution < -0.4 is 0 Å². The molecule has 0 radical (unpaired) electrons. The first kappa shape index (κ1) is 12.0. The molecule has 2 aromatic heterocycles. The predicted octanol–water partition coefficient (Wildman–Crippen LogP) is 1.11. The number of aromatic nitrogens is 4. The SMILES string of the molecule is Cc1cccc(-c2nnc(S(=O)(=O)Cl)n2C)n1. The molecule has 0 spiro atoms. The first-order valence-corrected chi connectivity index (χ1v) is 6.98. The predicted molar refractivity (Wildman–Crippen MR) is 62.0 cm³/mol. The van der Waals surface area contributed by atoms with Gasteiger partial charge in [0.15, 0.2) is 5.82 Å². The summed E-state index contributed by atoms with van der Waals surface area (Å²) >= 11 is 0. The number of hydrogen-bond donors (Lipinski definition) is 0. The molecule has 17 heavy (non-hydrogen) atoms. The monoisotopic (exact) mass is 272 g/mol. The Morgan fingerprint density at radius 3 is 2.53 bits per heavy atom. The van der Waals surface area contributed by atoms with E-state index in [0.29, 0.717) is 11.5 Å². The van der Waals surface area contributed by atoms with Crippen molar-refractivity contribution in [2.75, 3.05) is 0 Å². The zero-order valence-electron chi connectivity index (χ0n) is 9.12. The van der Waals surface area contributed by atoms with Crippen LogP contribution in [0.25, 0.3) is 11.5 Å². The number of hydrogen-bond acceptors (Lipinski definition) is 5. The minimum absolute atomic E-state index is 0.294. The third-order valence-corrected chi connectivity index (χ3v) is 3.38. The van der Waals surface area contributed by atoms with Crippen LogP contribution >= 0.6 is 10.7 Å². The molecule has 90 valence electrons. The van der Waals surface area contributed by atoms with Crippen LogP contribution in [0.2, 0.25) is 0 Å². The van der Waals surface area contributed by atoms with E-state index in [1.165, 1.54) is 11.6 Å². The van der Waals surface area contributed by atoms with Crippen LogP contribution in [-0.4, -0.2) is 28.2 Å². The lowest BCUT2D eigenvalue weighted by molar-refractivity contribution is 0.593. The van der Waals surface area contributed by atoms with Gasteiger partial charge in [0, 0.05) is 23.4 Å². The van der Waals surface area contributed by atoms with E-state index in [0.717, 1.165) is 5.69 Å². The quantitative estimate of drug-likeness (QED) is 0.766. The minimum Gasteiger partial charge on any atom is -0.299 e. The maximum absolute atomic E-state index is 11.2. The van der Waals surface area contributed by atoms with Gasteiger partial charge >= 0.3 is 0 Å². The van der Waals surface area contributed by atoms with Gasteiger partial charge in [-0.3, -0.25) is 4.57 Å². The summed E-state index contributed by atoms with van der Waals surface area (Å²) in [5.74, 6) is 0.355. The Balaban J connectivity index is 2.60. The average molecular weight is 273 g/mol. The minimum atomic E-state index is -3.90. The lowest BCUT2D eigenvalue weighted by Gasteiger charge is -2.01. The van der Waals surface area contributed by atoms with Crippen LogP contribution in [0, 0.1) is 6.92 Å². The van der Waals surface area contributed by atoms with Crippen LogP contribution in [0.3, 0.4) is 0 Å². The molecule has 0 aliphatic rings. The van der Waals surface area contributed by atoms with Gasteiger partial charge in [-0.15, -0.1) is 10.2 Å². The van der Waals surface area contributed by atoms with Crippen LogP contribution in [0.5, 0.6) is 0 Å². The first-order chi connectivity index (χ1) is 7.89. The first-order valence-electron chi connectivity index (χ1n) is 4.67. The summed E-state index contributed by atoms with van der Waals surface area (Å²) in [5.41, 5.74) is 1.35. The fourth-order valence-corrected chi connectivity index (χ4v) is 2.37. The highest BCUT2D eigenvalue weighted by molar-refractivity contribution is 8.13. The van der Waals surface area contributed by atoms with Crippen molar-refractivity contribution >= 4 is 19.7 Å². The number of aryl methyl sites for hydroxylation is 1. The largest absolute Gasteiger partial charge is 0.299 e. The fraction of sp³-hybridized carbons (Fsp3) is 0.222. The van der Waals surface area contributed by atoms with Gasteiger partial charge in [0.25, 0.3) is 14.2 Å². The molecule has 8 heteroatoms. The molecule has 0 bridgehead atoms. The second-order valence-corrected chi connectivity index (χ2v) is 5.93. The highest BCUT2D eigenvalue weighted by atomic mass is 35.7. The van der Waals surface area contributed by atoms with E-state index >= 15 is 0 Å². The number of nitrogens with zero attached hydrogens (tertiary/aromatic N) is 4. The van der Waals surface area contributed by atoms with Gasteiger partial charge < -0.3 is 0 Å². The maximum Gasteiger partial charge on any atom is 0.296 e. The molecule has 0 aliphatic carbocycles. The van der Waals surface area contributed by atoms with Crippen molar-refractivity contribution < 1.29 is 8.42 Å². The third kappa shape index (κ3) is 2.29. The molecule has 2 aromatic rings. The smallest absolute Gasteiger partial charge is 0.296 e. The van der Waals surface area contributed by atoms with Crippen molar-refractivity contribution in [3.63, 3.8) is 0 Å².